The molecule has 2 N–H and O–H groups in total. The van der Waals surface area contributed by atoms with E-state index in [1.54, 1.807) is 7.05 Å². The minimum absolute atomic E-state index is 0.101. The second-order valence-electron chi connectivity index (χ2n) is 9.34. The monoisotopic (exact) mass is 479 g/mol. The molecule has 0 atom stereocenters. The second kappa shape index (κ2) is 9.36. The number of aromatic nitrogens is 4. The summed E-state index contributed by atoms with van der Waals surface area (Å²) in [6, 6.07) is 11.8. The molecule has 0 unspecified atom stereocenters. The van der Waals surface area contributed by atoms with Crippen LogP contribution in [0.3, 0.4) is 0 Å². The van der Waals surface area contributed by atoms with E-state index in [4.69, 9.17) is 9.97 Å². The molecule has 2 aromatic heterocycles. The van der Waals surface area contributed by atoms with Crippen molar-refractivity contribution < 1.29 is 9.44 Å². The van der Waals surface area contributed by atoms with Gasteiger partial charge in [-0.2, -0.15) is 5.10 Å². The first-order valence-corrected chi connectivity index (χ1v) is 12.4. The van der Waals surface area contributed by atoms with Crippen LogP contribution in [-0.2, 0) is 11.2 Å². The zero-order valence-corrected chi connectivity index (χ0v) is 20.3. The molecule has 1 aliphatic carbocycles. The normalized spacial score (nSPS) is 17.6. The Hall–Kier alpha value is -2.95. The fraction of sp³-hybridized carbons (Fsp3) is 0.417. The fourth-order valence-corrected chi connectivity index (χ4v) is 4.71. The Balaban J connectivity index is 1.35. The van der Waals surface area contributed by atoms with Crippen molar-refractivity contribution in [3.8, 4) is 0 Å². The number of piperazine rings is 1. The topological polar surface area (TPSA) is 110 Å². The maximum Gasteiger partial charge on any atom is 0.227 e. The van der Waals surface area contributed by atoms with E-state index >= 15 is 0 Å². The van der Waals surface area contributed by atoms with Crippen LogP contribution < -0.4 is 10.2 Å². The van der Waals surface area contributed by atoms with Crippen molar-refractivity contribution in [1.82, 2.24) is 20.2 Å². The number of aryl methyl sites for hydroxylation is 1. The van der Waals surface area contributed by atoms with Crippen LogP contribution in [0.5, 0.6) is 0 Å². The third-order valence-corrected chi connectivity index (χ3v) is 7.03. The quantitative estimate of drug-likeness (QED) is 0.304. The lowest BCUT2D eigenvalue weighted by molar-refractivity contribution is -0.861. The van der Waals surface area contributed by atoms with Gasteiger partial charge in [0.15, 0.2) is 5.16 Å². The molecule has 34 heavy (non-hydrogen) atoms. The molecule has 2 fully saturated rings. The molecule has 2 aliphatic rings. The summed E-state index contributed by atoms with van der Waals surface area (Å²) in [7, 11) is 1.72. The number of likely N-dealkylation sites (N-methyl/N-ethyl adjacent to an activating group) is 1. The number of hydrogen-bond acceptors (Lipinski definition) is 7. The molecule has 0 bridgehead atoms. The van der Waals surface area contributed by atoms with Crippen LogP contribution in [0.15, 0.2) is 46.5 Å². The molecule has 0 spiro atoms. The Morgan fingerprint density at radius 2 is 1.91 bits per heavy atom. The zero-order chi connectivity index (χ0) is 23.7. The molecule has 178 valence electrons. The van der Waals surface area contributed by atoms with E-state index in [1.165, 1.54) is 11.8 Å². The summed E-state index contributed by atoms with van der Waals surface area (Å²) < 4.78 is -0.216. The van der Waals surface area contributed by atoms with Gasteiger partial charge < -0.3 is 20.1 Å². The van der Waals surface area contributed by atoms with Crippen LogP contribution in [0.4, 0.5) is 11.5 Å². The van der Waals surface area contributed by atoms with Crippen molar-refractivity contribution in [1.29, 1.82) is 0 Å². The van der Waals surface area contributed by atoms with Crippen molar-refractivity contribution >= 4 is 29.2 Å². The summed E-state index contributed by atoms with van der Waals surface area (Å²) in [5.41, 5.74) is 3.63. The van der Waals surface area contributed by atoms with Crippen LogP contribution in [0.2, 0.25) is 0 Å². The van der Waals surface area contributed by atoms with E-state index in [-0.39, 0.29) is 16.5 Å². The van der Waals surface area contributed by atoms with E-state index in [0.29, 0.717) is 37.8 Å². The van der Waals surface area contributed by atoms with Gasteiger partial charge in [-0.25, -0.2) is 9.97 Å². The smallest absolute Gasteiger partial charge is 0.227 e. The van der Waals surface area contributed by atoms with Gasteiger partial charge in [-0.1, -0.05) is 0 Å². The third-order valence-electron chi connectivity index (χ3n) is 6.16. The van der Waals surface area contributed by atoms with E-state index in [1.807, 2.05) is 43.3 Å². The van der Waals surface area contributed by atoms with Gasteiger partial charge in [0.1, 0.15) is 5.82 Å². The third kappa shape index (κ3) is 5.75. The Kier molecular flexibility index (Phi) is 6.28. The van der Waals surface area contributed by atoms with Crippen LogP contribution in [0.25, 0.3) is 0 Å². The Bertz CT molecular complexity index is 1160. The molecule has 10 heteroatoms. The summed E-state index contributed by atoms with van der Waals surface area (Å²) in [6.07, 6.45) is 2.57. The number of rotatable bonds is 7. The standard InChI is InChI=1S/C24H29N7O2S/c1-16-13-20(29-28-16)14-19-15-22(30-9-11-31(2,33)12-10-30)27-24(26-19)34-21-7-5-18(6-8-21)25-23(32)17-3-4-17/h5-8,13,15,17H,3-4,9-12,14H2,1-2H3,(H,25,32)(H,28,29). The van der Waals surface area contributed by atoms with E-state index in [9.17, 15) is 10.0 Å². The lowest BCUT2D eigenvalue weighted by Gasteiger charge is -2.45. The van der Waals surface area contributed by atoms with Crippen LogP contribution >= 0.6 is 11.8 Å². The van der Waals surface area contributed by atoms with Crippen LogP contribution in [-0.4, -0.2) is 63.9 Å². The molecule has 0 radical (unpaired) electrons. The van der Waals surface area contributed by atoms with Crippen LogP contribution in [0, 0.1) is 18.0 Å². The summed E-state index contributed by atoms with van der Waals surface area (Å²) in [5, 5.41) is 23.2. The van der Waals surface area contributed by atoms with Gasteiger partial charge in [0.2, 0.25) is 5.91 Å². The number of benzene rings is 1. The Morgan fingerprint density at radius 1 is 1.18 bits per heavy atom. The average molecular weight is 480 g/mol. The minimum Gasteiger partial charge on any atom is -0.633 e. The number of anilines is 2. The molecule has 1 saturated heterocycles. The molecule has 1 saturated carbocycles. The highest BCUT2D eigenvalue weighted by Crippen LogP contribution is 2.32. The average Bonchev–Trinajstić information content (AvgIpc) is 3.57. The van der Waals surface area contributed by atoms with E-state index in [2.05, 4.69) is 20.4 Å². The number of nitrogens with one attached hydrogen (secondary N) is 2. The molecule has 1 aliphatic heterocycles. The van der Waals surface area contributed by atoms with E-state index in [0.717, 1.165) is 46.3 Å². The number of hydroxylamine groups is 3. The fourth-order valence-electron chi connectivity index (χ4n) is 3.93. The molecule has 1 aromatic carbocycles. The first-order chi connectivity index (χ1) is 16.3. The van der Waals surface area contributed by atoms with Gasteiger partial charge in [-0.15, -0.1) is 0 Å². The molecule has 1 amide bonds. The Morgan fingerprint density at radius 3 is 2.56 bits per heavy atom. The van der Waals surface area contributed by atoms with Gasteiger partial charge in [-0.05, 0) is 61.9 Å². The number of aromatic amines is 1. The minimum atomic E-state index is -0.216. The Labute approximate surface area is 203 Å². The van der Waals surface area contributed by atoms with E-state index < -0.39 is 0 Å². The number of amides is 1. The number of hydrogen-bond donors (Lipinski definition) is 2. The molecule has 5 rings (SSSR count). The van der Waals surface area contributed by atoms with Gasteiger partial charge in [-0.3, -0.25) is 9.89 Å². The first kappa shape index (κ1) is 22.8. The van der Waals surface area contributed by atoms with Gasteiger partial charge in [0.05, 0.1) is 44.6 Å². The predicted octanol–water partition coefficient (Wildman–Crippen LogP) is 3.36. The number of quaternary nitrogens is 1. The highest BCUT2D eigenvalue weighted by molar-refractivity contribution is 7.99. The summed E-state index contributed by atoms with van der Waals surface area (Å²) in [6.45, 7) is 4.38. The van der Waals surface area contributed by atoms with Crippen molar-refractivity contribution in [2.24, 2.45) is 5.92 Å². The van der Waals surface area contributed by atoms with Crippen LogP contribution in [0.1, 0.15) is 29.9 Å². The number of nitrogens with zero attached hydrogens (tertiary/aromatic N) is 5. The number of H-pyrrole nitrogens is 1. The predicted molar refractivity (Wildman–Crippen MR) is 132 cm³/mol. The molecule has 3 aromatic rings. The molecule has 9 nitrogen and oxygen atoms in total. The molecule has 3 heterocycles. The van der Waals surface area contributed by atoms with Crippen molar-refractivity contribution in [3.63, 3.8) is 0 Å². The SMILES string of the molecule is Cc1cc(Cc2cc(N3CC[N+](C)([O-])CC3)nc(Sc3ccc(NC(=O)C4CC4)cc3)n2)n[nH]1. The van der Waals surface area contributed by atoms with Gasteiger partial charge in [0, 0.05) is 34.7 Å². The highest BCUT2D eigenvalue weighted by Gasteiger charge is 2.29. The second-order valence-corrected chi connectivity index (χ2v) is 10.4. The maximum absolute atomic E-state index is 12.3. The maximum atomic E-state index is 12.3. The van der Waals surface area contributed by atoms with Gasteiger partial charge >= 0.3 is 0 Å². The molecular weight excluding hydrogens is 450 g/mol. The highest BCUT2D eigenvalue weighted by atomic mass is 32.2. The lowest BCUT2D eigenvalue weighted by Crippen LogP contribution is -2.54. The van der Waals surface area contributed by atoms with Crippen molar-refractivity contribution in [2.75, 3.05) is 43.4 Å². The van der Waals surface area contributed by atoms with Crippen molar-refractivity contribution in [3.05, 3.63) is 58.7 Å². The number of carbonyl (C=O) groups excluding carboxylic acids is 1. The summed E-state index contributed by atoms with van der Waals surface area (Å²) >= 11 is 1.49. The van der Waals surface area contributed by atoms with Gasteiger partial charge in [0.25, 0.3) is 0 Å². The van der Waals surface area contributed by atoms with Crippen molar-refractivity contribution in [2.45, 2.75) is 36.2 Å². The zero-order valence-electron chi connectivity index (χ0n) is 19.5. The summed E-state index contributed by atoms with van der Waals surface area (Å²) in [5.74, 6) is 1.12. The molecular formula is C24H29N7O2S. The first-order valence-electron chi connectivity index (χ1n) is 11.6. The largest absolute Gasteiger partial charge is 0.633 e. The number of carbonyl (C=O) groups is 1. The summed E-state index contributed by atoms with van der Waals surface area (Å²) in [4.78, 5) is 24.8. The lowest BCUT2D eigenvalue weighted by atomic mass is 10.2.